The van der Waals surface area contributed by atoms with E-state index in [2.05, 4.69) is 47.2 Å². The fraction of sp³-hybridized carbons (Fsp3) is 0.760. The van der Waals surface area contributed by atoms with Crippen molar-refractivity contribution < 1.29 is 4.74 Å². The average Bonchev–Trinajstić information content (AvgIpc) is 3.22. The van der Waals surface area contributed by atoms with Crippen molar-refractivity contribution >= 4 is 0 Å². The minimum atomic E-state index is 0.633. The molecule has 0 spiro atoms. The van der Waals surface area contributed by atoms with E-state index in [0.717, 1.165) is 37.0 Å². The third-order valence-electron chi connectivity index (χ3n) is 7.50. The fourth-order valence-electron chi connectivity index (χ4n) is 5.54. The van der Waals surface area contributed by atoms with Crippen LogP contribution in [0.3, 0.4) is 0 Å². The molecule has 1 N–H and O–H groups in total. The highest BCUT2D eigenvalue weighted by Gasteiger charge is 2.25. The van der Waals surface area contributed by atoms with Crippen molar-refractivity contribution in [2.45, 2.75) is 58.4 Å². The molecule has 162 valence electrons. The molecule has 1 atom stereocenters. The number of hydrogen-bond acceptors (Lipinski definition) is 4. The monoisotopic (exact) mass is 399 g/mol. The van der Waals surface area contributed by atoms with Crippen molar-refractivity contribution in [2.75, 3.05) is 52.4 Å². The molecule has 0 amide bonds. The Morgan fingerprint density at radius 2 is 1.83 bits per heavy atom. The standard InChI is InChI=1S/C25H41N3O/c1-3-27(18-21-6-11-26-12-7-21)19-22-8-13-28(14-9-22)20(2)16-23-4-5-25-24(17-23)10-15-29-25/h4-5,17,20-22,26H,3,6-16,18-19H2,1-2H3/t20-/m0/s1. The molecule has 2 saturated heterocycles. The van der Waals surface area contributed by atoms with E-state index in [0.29, 0.717) is 6.04 Å². The Kier molecular flexibility index (Phi) is 7.49. The number of fused-ring (bicyclic) bond motifs is 1. The highest BCUT2D eigenvalue weighted by atomic mass is 16.5. The van der Waals surface area contributed by atoms with Crippen molar-refractivity contribution in [1.29, 1.82) is 0 Å². The lowest BCUT2D eigenvalue weighted by Gasteiger charge is -2.38. The van der Waals surface area contributed by atoms with Gasteiger partial charge >= 0.3 is 0 Å². The second-order valence-corrected chi connectivity index (χ2v) is 9.62. The van der Waals surface area contributed by atoms with Gasteiger partial charge in [-0.3, -0.25) is 0 Å². The van der Waals surface area contributed by atoms with Crippen molar-refractivity contribution in [1.82, 2.24) is 15.1 Å². The zero-order chi connectivity index (χ0) is 20.1. The molecule has 1 aromatic rings. The Bertz CT molecular complexity index is 635. The Labute approximate surface area is 178 Å². The molecule has 2 fully saturated rings. The third kappa shape index (κ3) is 5.74. The number of ether oxygens (including phenoxy) is 1. The van der Waals surface area contributed by atoms with Crippen LogP contribution in [-0.4, -0.2) is 68.3 Å². The van der Waals surface area contributed by atoms with E-state index >= 15 is 0 Å². The molecule has 3 aliphatic heterocycles. The van der Waals surface area contributed by atoms with Crippen LogP contribution in [-0.2, 0) is 12.8 Å². The Morgan fingerprint density at radius 1 is 1.10 bits per heavy atom. The van der Waals surface area contributed by atoms with Crippen LogP contribution in [0, 0.1) is 11.8 Å². The van der Waals surface area contributed by atoms with E-state index in [4.69, 9.17) is 4.74 Å². The van der Waals surface area contributed by atoms with Gasteiger partial charge in [-0.15, -0.1) is 0 Å². The van der Waals surface area contributed by atoms with E-state index < -0.39 is 0 Å². The number of hydrogen-bond donors (Lipinski definition) is 1. The summed E-state index contributed by atoms with van der Waals surface area (Å²) in [5.41, 5.74) is 2.88. The van der Waals surface area contributed by atoms with Crippen LogP contribution in [0.25, 0.3) is 0 Å². The number of rotatable bonds is 8. The molecule has 0 saturated carbocycles. The molecule has 4 nitrogen and oxygen atoms in total. The van der Waals surface area contributed by atoms with Gasteiger partial charge in [0.2, 0.25) is 0 Å². The summed E-state index contributed by atoms with van der Waals surface area (Å²) >= 11 is 0. The first-order valence-electron chi connectivity index (χ1n) is 12.1. The van der Waals surface area contributed by atoms with Gasteiger partial charge in [0.15, 0.2) is 0 Å². The topological polar surface area (TPSA) is 27.7 Å². The first-order valence-corrected chi connectivity index (χ1v) is 12.1. The zero-order valence-corrected chi connectivity index (χ0v) is 18.7. The van der Waals surface area contributed by atoms with E-state index in [1.54, 1.807) is 0 Å². The van der Waals surface area contributed by atoms with E-state index in [1.165, 1.54) is 82.6 Å². The molecule has 4 rings (SSSR count). The van der Waals surface area contributed by atoms with Crippen LogP contribution in [0.2, 0.25) is 0 Å². The van der Waals surface area contributed by atoms with Gasteiger partial charge < -0.3 is 19.9 Å². The van der Waals surface area contributed by atoms with Crippen LogP contribution in [0.15, 0.2) is 18.2 Å². The summed E-state index contributed by atoms with van der Waals surface area (Å²) in [5, 5.41) is 3.50. The minimum absolute atomic E-state index is 0.633. The third-order valence-corrected chi connectivity index (χ3v) is 7.50. The molecule has 29 heavy (non-hydrogen) atoms. The molecule has 0 aliphatic carbocycles. The van der Waals surface area contributed by atoms with E-state index in [-0.39, 0.29) is 0 Å². The van der Waals surface area contributed by atoms with Crippen LogP contribution >= 0.6 is 0 Å². The number of likely N-dealkylation sites (tertiary alicyclic amines) is 1. The highest BCUT2D eigenvalue weighted by molar-refractivity contribution is 5.40. The lowest BCUT2D eigenvalue weighted by molar-refractivity contribution is 0.108. The van der Waals surface area contributed by atoms with Gasteiger partial charge in [-0.1, -0.05) is 19.1 Å². The van der Waals surface area contributed by atoms with Gasteiger partial charge in [0.05, 0.1) is 6.61 Å². The summed E-state index contributed by atoms with van der Waals surface area (Å²) < 4.78 is 5.66. The lowest BCUT2D eigenvalue weighted by atomic mass is 9.92. The van der Waals surface area contributed by atoms with Gasteiger partial charge in [0.1, 0.15) is 5.75 Å². The van der Waals surface area contributed by atoms with Crippen molar-refractivity contribution in [2.24, 2.45) is 11.8 Å². The maximum atomic E-state index is 5.66. The summed E-state index contributed by atoms with van der Waals surface area (Å²) in [6.45, 7) is 14.4. The van der Waals surface area contributed by atoms with E-state index in [1.807, 2.05) is 0 Å². The van der Waals surface area contributed by atoms with Crippen molar-refractivity contribution in [3.63, 3.8) is 0 Å². The fourth-order valence-corrected chi connectivity index (χ4v) is 5.54. The lowest BCUT2D eigenvalue weighted by Crippen LogP contribution is -2.44. The van der Waals surface area contributed by atoms with Crippen LogP contribution in [0.5, 0.6) is 5.75 Å². The predicted octanol–water partition coefficient (Wildman–Crippen LogP) is 3.59. The number of nitrogens with zero attached hydrogens (tertiary/aromatic N) is 2. The molecule has 1 aromatic carbocycles. The molecule has 3 heterocycles. The van der Waals surface area contributed by atoms with Crippen LogP contribution in [0.1, 0.15) is 50.7 Å². The molecule has 0 radical (unpaired) electrons. The molecule has 0 unspecified atom stereocenters. The second kappa shape index (κ2) is 10.3. The number of benzene rings is 1. The largest absolute Gasteiger partial charge is 0.493 e. The molecule has 0 bridgehead atoms. The van der Waals surface area contributed by atoms with Gasteiger partial charge in [-0.25, -0.2) is 0 Å². The smallest absolute Gasteiger partial charge is 0.122 e. The molecule has 4 heteroatoms. The Balaban J connectivity index is 1.21. The van der Waals surface area contributed by atoms with Gasteiger partial charge in [0, 0.05) is 25.6 Å². The maximum absolute atomic E-state index is 5.66. The first-order chi connectivity index (χ1) is 14.2. The summed E-state index contributed by atoms with van der Waals surface area (Å²) in [6, 6.07) is 7.46. The number of nitrogens with one attached hydrogen (secondary N) is 1. The molecule has 0 aromatic heterocycles. The first kappa shape index (κ1) is 21.1. The van der Waals surface area contributed by atoms with E-state index in [9.17, 15) is 0 Å². The van der Waals surface area contributed by atoms with Gasteiger partial charge in [-0.2, -0.15) is 0 Å². The Morgan fingerprint density at radius 3 is 2.55 bits per heavy atom. The normalized spacial score (nSPS) is 22.6. The van der Waals surface area contributed by atoms with Crippen LogP contribution in [0.4, 0.5) is 0 Å². The number of piperidine rings is 2. The summed E-state index contributed by atoms with van der Waals surface area (Å²) in [6.07, 6.45) is 7.70. The predicted molar refractivity (Wildman–Crippen MR) is 121 cm³/mol. The average molecular weight is 400 g/mol. The highest BCUT2D eigenvalue weighted by Crippen LogP contribution is 2.27. The minimum Gasteiger partial charge on any atom is -0.493 e. The molecular formula is C25H41N3O. The Hall–Kier alpha value is -1.10. The maximum Gasteiger partial charge on any atom is 0.122 e. The van der Waals surface area contributed by atoms with Crippen molar-refractivity contribution in [3.8, 4) is 5.75 Å². The molecular weight excluding hydrogens is 358 g/mol. The summed E-state index contributed by atoms with van der Waals surface area (Å²) in [5.74, 6) is 2.90. The molecule has 3 aliphatic rings. The quantitative estimate of drug-likeness (QED) is 0.723. The van der Waals surface area contributed by atoms with Crippen LogP contribution < -0.4 is 10.1 Å². The van der Waals surface area contributed by atoms with Gasteiger partial charge in [-0.05, 0) is 101 Å². The summed E-state index contributed by atoms with van der Waals surface area (Å²) in [7, 11) is 0. The second-order valence-electron chi connectivity index (χ2n) is 9.62. The SMILES string of the molecule is CCN(CC1CCNCC1)CC1CCN([C@@H](C)Cc2ccc3c(c2)CCO3)CC1. The van der Waals surface area contributed by atoms with Gasteiger partial charge in [0.25, 0.3) is 0 Å². The zero-order valence-electron chi connectivity index (χ0n) is 18.7. The summed E-state index contributed by atoms with van der Waals surface area (Å²) in [4.78, 5) is 5.47. The van der Waals surface area contributed by atoms with Crippen molar-refractivity contribution in [3.05, 3.63) is 29.3 Å².